The maximum absolute atomic E-state index is 9.99. The first-order valence-corrected chi connectivity index (χ1v) is 23.1. The highest BCUT2D eigenvalue weighted by molar-refractivity contribution is 6.13. The number of hydrogen-bond donors (Lipinski definition) is 0. The monoisotopic (exact) mass is 883 g/mol. The van der Waals surface area contributed by atoms with Crippen LogP contribution in [-0.2, 0) is 0 Å². The van der Waals surface area contributed by atoms with Gasteiger partial charge in [0.25, 0.3) is 0 Å². The maximum Gasteiger partial charge on any atom is 0.187 e. The number of nitriles is 1. The SMILES string of the molecule is [C-]#[N+]c1ccc(-c2cc(-c3cc(-c4ccccc4)nc(-c4ccccc4)n3)cc(-c3ccc(C#N)cc3)c2-n2c3ccc(-c4cc(C)cc(C)c4)cc3c3cc(-c4cc(C)cc(C)c4)ccc32)cc1. The second kappa shape index (κ2) is 17.6. The number of nitrogens with zero attached hydrogens (tertiary/aromatic N) is 5. The number of aryl methyl sites for hydroxylation is 4. The Balaban J connectivity index is 1.26. The van der Waals surface area contributed by atoms with E-state index in [0.717, 1.165) is 89.0 Å². The van der Waals surface area contributed by atoms with Crippen LogP contribution in [0.5, 0.6) is 0 Å². The highest BCUT2D eigenvalue weighted by Gasteiger charge is 2.24. The molecule has 326 valence electrons. The van der Waals surface area contributed by atoms with E-state index in [4.69, 9.17) is 16.5 Å². The van der Waals surface area contributed by atoms with Crippen LogP contribution in [0.2, 0.25) is 0 Å². The first-order chi connectivity index (χ1) is 33.7. The molecule has 0 radical (unpaired) electrons. The molecule has 2 heterocycles. The Morgan fingerprint density at radius 3 is 1.35 bits per heavy atom. The van der Waals surface area contributed by atoms with Crippen molar-refractivity contribution in [2.45, 2.75) is 27.7 Å². The Kier molecular flexibility index (Phi) is 10.8. The molecule has 0 fully saturated rings. The summed E-state index contributed by atoms with van der Waals surface area (Å²) in [4.78, 5) is 14.2. The summed E-state index contributed by atoms with van der Waals surface area (Å²) in [5, 5.41) is 12.3. The summed E-state index contributed by atoms with van der Waals surface area (Å²) in [5.41, 5.74) is 22.0. The molecule has 5 nitrogen and oxygen atoms in total. The van der Waals surface area contributed by atoms with Gasteiger partial charge in [0, 0.05) is 38.6 Å². The summed E-state index contributed by atoms with van der Waals surface area (Å²) >= 11 is 0. The fourth-order valence-corrected chi connectivity index (χ4v) is 9.88. The molecule has 5 heteroatoms. The molecule has 0 amide bonds. The minimum Gasteiger partial charge on any atom is -0.308 e. The molecule has 0 atom stereocenters. The average Bonchev–Trinajstić information content (AvgIpc) is 3.70. The van der Waals surface area contributed by atoms with Crippen LogP contribution < -0.4 is 0 Å². The molecule has 0 bridgehead atoms. The summed E-state index contributed by atoms with van der Waals surface area (Å²) < 4.78 is 2.42. The zero-order valence-electron chi connectivity index (χ0n) is 38.8. The lowest BCUT2D eigenvalue weighted by Gasteiger charge is -2.21. The predicted molar refractivity (Wildman–Crippen MR) is 284 cm³/mol. The van der Waals surface area contributed by atoms with Gasteiger partial charge < -0.3 is 4.57 Å². The van der Waals surface area contributed by atoms with Crippen molar-refractivity contribution in [1.29, 1.82) is 5.26 Å². The topological polar surface area (TPSA) is 58.9 Å². The summed E-state index contributed by atoms with van der Waals surface area (Å²) in [6.45, 7) is 16.5. The molecular formula is C64H45N5. The number of benzene rings is 9. The van der Waals surface area contributed by atoms with Gasteiger partial charge in [-0.2, -0.15) is 5.26 Å². The first-order valence-electron chi connectivity index (χ1n) is 23.1. The third-order valence-corrected chi connectivity index (χ3v) is 13.0. The normalized spacial score (nSPS) is 11.2. The van der Waals surface area contributed by atoms with E-state index in [0.29, 0.717) is 17.1 Å². The van der Waals surface area contributed by atoms with E-state index in [1.54, 1.807) is 0 Å². The van der Waals surface area contributed by atoms with Crippen molar-refractivity contribution in [1.82, 2.24) is 14.5 Å². The molecule has 0 aliphatic rings. The van der Waals surface area contributed by atoms with Crippen molar-refractivity contribution in [3.63, 3.8) is 0 Å². The molecule has 2 aromatic heterocycles. The molecule has 0 unspecified atom stereocenters. The van der Waals surface area contributed by atoms with Crippen molar-refractivity contribution >= 4 is 27.5 Å². The smallest absolute Gasteiger partial charge is 0.187 e. The molecule has 0 N–H and O–H groups in total. The zero-order chi connectivity index (χ0) is 47.2. The van der Waals surface area contributed by atoms with Crippen LogP contribution in [0, 0.1) is 45.6 Å². The number of fused-ring (bicyclic) bond motifs is 3. The van der Waals surface area contributed by atoms with Gasteiger partial charge in [0.15, 0.2) is 11.5 Å². The molecule has 0 aliphatic carbocycles. The van der Waals surface area contributed by atoms with E-state index < -0.39 is 0 Å². The van der Waals surface area contributed by atoms with Crippen molar-refractivity contribution in [2.75, 3.05) is 0 Å². The van der Waals surface area contributed by atoms with Crippen molar-refractivity contribution < 1.29 is 0 Å². The van der Waals surface area contributed by atoms with E-state index in [-0.39, 0.29) is 0 Å². The van der Waals surface area contributed by atoms with E-state index in [1.807, 2.05) is 97.1 Å². The van der Waals surface area contributed by atoms with Gasteiger partial charge in [0.1, 0.15) is 0 Å². The Morgan fingerprint density at radius 2 is 0.870 bits per heavy atom. The number of rotatable bonds is 8. The van der Waals surface area contributed by atoms with Crippen LogP contribution >= 0.6 is 0 Å². The fraction of sp³-hybridized carbons (Fsp3) is 0.0625. The van der Waals surface area contributed by atoms with Gasteiger partial charge in [-0.3, -0.25) is 0 Å². The quantitative estimate of drug-likeness (QED) is 0.143. The molecule has 69 heavy (non-hydrogen) atoms. The lowest BCUT2D eigenvalue weighted by atomic mass is 9.91. The molecule has 11 aromatic rings. The van der Waals surface area contributed by atoms with Gasteiger partial charge in [-0.15, -0.1) is 0 Å². The van der Waals surface area contributed by atoms with Crippen molar-refractivity contribution in [2.24, 2.45) is 0 Å². The lowest BCUT2D eigenvalue weighted by molar-refractivity contribution is 1.17. The van der Waals surface area contributed by atoms with Gasteiger partial charge in [0.2, 0.25) is 0 Å². The van der Waals surface area contributed by atoms with Crippen LogP contribution in [0.3, 0.4) is 0 Å². The molecule has 11 rings (SSSR count). The second-order valence-corrected chi connectivity index (χ2v) is 18.0. The minimum absolute atomic E-state index is 0.564. The molecule has 0 aliphatic heterocycles. The van der Waals surface area contributed by atoms with Gasteiger partial charge in [-0.25, -0.2) is 14.8 Å². The minimum atomic E-state index is 0.564. The Hall–Kier alpha value is -9.16. The Morgan fingerprint density at radius 1 is 0.420 bits per heavy atom. The highest BCUT2D eigenvalue weighted by Crippen LogP contribution is 2.46. The third kappa shape index (κ3) is 8.14. The summed E-state index contributed by atoms with van der Waals surface area (Å²) in [5.74, 6) is 0.625. The molecule has 0 saturated heterocycles. The van der Waals surface area contributed by atoms with Gasteiger partial charge >= 0.3 is 0 Å². The van der Waals surface area contributed by atoms with Gasteiger partial charge in [0.05, 0.1) is 46.3 Å². The van der Waals surface area contributed by atoms with Crippen LogP contribution in [0.1, 0.15) is 27.8 Å². The number of aromatic nitrogens is 3. The standard InChI is InChI=1S/C64H45N5/c1-40-28-41(2)31-51(30-40)49-22-26-61-57(34-49)58-35-50(52-32-42(3)29-43(4)33-52)23-27-62(58)69(61)63-55(45-18-16-44(39-65)17-19-45)36-53(37-56(63)46-20-24-54(66-5)25-21-46)60-38-59(47-12-8-6-9-13-47)67-64(68-60)48-14-10-7-11-15-48/h6-38H,1-4H3. The second-order valence-electron chi connectivity index (χ2n) is 18.0. The lowest BCUT2D eigenvalue weighted by Crippen LogP contribution is -2.03. The predicted octanol–water partition coefficient (Wildman–Crippen LogP) is 16.9. The van der Waals surface area contributed by atoms with E-state index in [2.05, 4.69) is 146 Å². The van der Waals surface area contributed by atoms with E-state index >= 15 is 0 Å². The molecular weight excluding hydrogens is 839 g/mol. The highest BCUT2D eigenvalue weighted by atomic mass is 15.0. The van der Waals surface area contributed by atoms with Crippen LogP contribution in [-0.4, -0.2) is 14.5 Å². The Labute approximate surface area is 402 Å². The molecule has 0 saturated carbocycles. The summed E-state index contributed by atoms with van der Waals surface area (Å²) in [6, 6.07) is 72.2. The first kappa shape index (κ1) is 42.5. The van der Waals surface area contributed by atoms with Crippen LogP contribution in [0.15, 0.2) is 200 Å². The molecule has 0 spiro atoms. The van der Waals surface area contributed by atoms with Crippen LogP contribution in [0.4, 0.5) is 5.69 Å². The Bertz CT molecular complexity index is 3580. The average molecular weight is 884 g/mol. The van der Waals surface area contributed by atoms with Crippen molar-refractivity contribution in [3.8, 4) is 90.2 Å². The van der Waals surface area contributed by atoms with Gasteiger partial charge in [-0.05, 0) is 116 Å². The van der Waals surface area contributed by atoms with Gasteiger partial charge in [-0.1, -0.05) is 168 Å². The largest absolute Gasteiger partial charge is 0.308 e. The number of hydrogen-bond acceptors (Lipinski definition) is 3. The van der Waals surface area contributed by atoms with Crippen LogP contribution in [0.25, 0.3) is 111 Å². The van der Waals surface area contributed by atoms with E-state index in [1.165, 1.54) is 33.4 Å². The third-order valence-electron chi connectivity index (χ3n) is 13.0. The summed E-state index contributed by atoms with van der Waals surface area (Å²) in [7, 11) is 0. The zero-order valence-corrected chi connectivity index (χ0v) is 38.8. The summed E-state index contributed by atoms with van der Waals surface area (Å²) in [6.07, 6.45) is 0. The van der Waals surface area contributed by atoms with E-state index in [9.17, 15) is 5.26 Å². The fourth-order valence-electron chi connectivity index (χ4n) is 9.88. The molecule has 9 aromatic carbocycles. The maximum atomic E-state index is 9.99. The van der Waals surface area contributed by atoms with Crippen molar-refractivity contribution in [3.05, 3.63) is 239 Å².